The third-order valence-corrected chi connectivity index (χ3v) is 5.52. The average Bonchev–Trinajstić information content (AvgIpc) is 3.07. The van der Waals surface area contributed by atoms with E-state index in [1.807, 2.05) is 23.7 Å². The Bertz CT molecular complexity index is 1050. The Morgan fingerprint density at radius 2 is 1.90 bits per heavy atom. The molecular weight excluding hydrogens is 391 g/mol. The van der Waals surface area contributed by atoms with Gasteiger partial charge >= 0.3 is 6.18 Å². The van der Waals surface area contributed by atoms with Crippen molar-refractivity contribution in [2.45, 2.75) is 44.8 Å². The van der Waals surface area contributed by atoms with Crippen LogP contribution in [0.15, 0.2) is 54.7 Å². The number of hydrogen-bond donors (Lipinski definition) is 1. The molecule has 1 aliphatic carbocycles. The highest BCUT2D eigenvalue weighted by molar-refractivity contribution is 5.92. The lowest BCUT2D eigenvalue weighted by atomic mass is 9.88. The maximum absolute atomic E-state index is 12.7. The summed E-state index contributed by atoms with van der Waals surface area (Å²) in [6.45, 7) is 1.88. The van der Waals surface area contributed by atoms with Gasteiger partial charge < -0.3 is 5.32 Å². The third-order valence-electron chi connectivity index (χ3n) is 5.52. The minimum Gasteiger partial charge on any atom is -0.310 e. The van der Waals surface area contributed by atoms with Gasteiger partial charge in [0, 0.05) is 5.56 Å². The molecule has 1 N–H and O–H groups in total. The molecule has 156 valence electrons. The van der Waals surface area contributed by atoms with E-state index in [0.29, 0.717) is 11.4 Å². The second kappa shape index (κ2) is 7.97. The molecule has 1 amide bonds. The molecule has 1 atom stereocenters. The van der Waals surface area contributed by atoms with Crippen molar-refractivity contribution in [1.82, 2.24) is 9.78 Å². The van der Waals surface area contributed by atoms with Crippen LogP contribution in [0.4, 0.5) is 19.0 Å². The minimum atomic E-state index is -4.39. The van der Waals surface area contributed by atoms with Crippen LogP contribution < -0.4 is 5.32 Å². The van der Waals surface area contributed by atoms with Gasteiger partial charge in [-0.05, 0) is 55.0 Å². The summed E-state index contributed by atoms with van der Waals surface area (Å²) < 4.78 is 40.0. The smallest absolute Gasteiger partial charge is 0.310 e. The first-order valence-corrected chi connectivity index (χ1v) is 9.91. The highest BCUT2D eigenvalue weighted by Crippen LogP contribution is 2.35. The number of amides is 1. The van der Waals surface area contributed by atoms with Crippen LogP contribution in [0.3, 0.4) is 0 Å². The van der Waals surface area contributed by atoms with Gasteiger partial charge in [0.15, 0.2) is 0 Å². The van der Waals surface area contributed by atoms with E-state index in [0.717, 1.165) is 37.0 Å². The zero-order valence-electron chi connectivity index (χ0n) is 16.5. The first-order chi connectivity index (χ1) is 14.3. The van der Waals surface area contributed by atoms with Crippen molar-refractivity contribution in [3.05, 3.63) is 82.5 Å². The monoisotopic (exact) mass is 413 g/mol. The van der Waals surface area contributed by atoms with E-state index in [4.69, 9.17) is 0 Å². The van der Waals surface area contributed by atoms with Gasteiger partial charge in [-0.1, -0.05) is 36.4 Å². The number of carbonyl (C=O) groups is 1. The molecule has 7 heteroatoms. The highest BCUT2D eigenvalue weighted by atomic mass is 19.4. The summed E-state index contributed by atoms with van der Waals surface area (Å²) in [5, 5.41) is 7.43. The number of aromatic nitrogens is 2. The largest absolute Gasteiger partial charge is 0.416 e. The quantitative estimate of drug-likeness (QED) is 0.630. The molecule has 30 heavy (non-hydrogen) atoms. The zero-order valence-corrected chi connectivity index (χ0v) is 16.5. The van der Waals surface area contributed by atoms with E-state index in [1.54, 1.807) is 6.20 Å². The molecule has 0 saturated heterocycles. The number of alkyl halides is 3. The third kappa shape index (κ3) is 4.10. The number of anilines is 1. The number of rotatable bonds is 4. The number of nitrogens with one attached hydrogen (secondary N) is 1. The minimum absolute atomic E-state index is 0.00991. The van der Waals surface area contributed by atoms with Crippen LogP contribution in [0.2, 0.25) is 0 Å². The van der Waals surface area contributed by atoms with Crippen molar-refractivity contribution in [2.75, 3.05) is 5.32 Å². The molecule has 1 aliphatic rings. The van der Waals surface area contributed by atoms with Crippen LogP contribution in [-0.2, 0) is 23.8 Å². The summed E-state index contributed by atoms with van der Waals surface area (Å²) in [5.74, 6) is 0.345. The summed E-state index contributed by atoms with van der Waals surface area (Å²) in [7, 11) is 0. The fourth-order valence-corrected chi connectivity index (χ4v) is 4.00. The van der Waals surface area contributed by atoms with Crippen LogP contribution in [0.5, 0.6) is 0 Å². The number of fused-ring (bicyclic) bond motifs is 1. The average molecular weight is 413 g/mol. The summed E-state index contributed by atoms with van der Waals surface area (Å²) in [4.78, 5) is 12.6. The van der Waals surface area contributed by atoms with Gasteiger partial charge in [-0.2, -0.15) is 18.3 Å². The topological polar surface area (TPSA) is 46.9 Å². The standard InChI is InChI=1S/C23H22F3N3O/c1-15-14-27-29(20-8-4-6-17-5-2-3-7-19(17)20)22(15)28-21(30)13-16-9-11-18(12-10-16)23(24,25)26/h2-3,5,7,9-12,14,20H,4,6,8,13H2,1H3,(H,28,30)/t20-/m1/s1. The maximum Gasteiger partial charge on any atom is 0.416 e. The number of benzene rings is 2. The predicted molar refractivity (Wildman–Crippen MR) is 108 cm³/mol. The number of nitrogens with zero attached hydrogens (tertiary/aromatic N) is 2. The summed E-state index contributed by atoms with van der Waals surface area (Å²) in [6.07, 6.45) is 0.331. The number of hydrogen-bond acceptors (Lipinski definition) is 2. The lowest BCUT2D eigenvalue weighted by molar-refractivity contribution is -0.137. The molecule has 0 spiro atoms. The molecule has 3 aromatic rings. The number of carbonyl (C=O) groups excluding carboxylic acids is 1. The molecule has 0 bridgehead atoms. The Morgan fingerprint density at radius 3 is 2.63 bits per heavy atom. The fraction of sp³-hybridized carbons (Fsp3) is 0.304. The molecule has 2 aromatic carbocycles. The van der Waals surface area contributed by atoms with Gasteiger partial charge in [-0.15, -0.1) is 0 Å². The van der Waals surface area contributed by atoms with Crippen LogP contribution >= 0.6 is 0 Å². The van der Waals surface area contributed by atoms with Gasteiger partial charge in [0.05, 0.1) is 24.2 Å². The number of halogens is 3. The van der Waals surface area contributed by atoms with Crippen molar-refractivity contribution < 1.29 is 18.0 Å². The highest BCUT2D eigenvalue weighted by Gasteiger charge is 2.30. The number of aryl methyl sites for hydroxylation is 2. The van der Waals surface area contributed by atoms with Gasteiger partial charge in [-0.3, -0.25) is 4.79 Å². The summed E-state index contributed by atoms with van der Waals surface area (Å²) in [5.41, 5.74) is 3.15. The van der Waals surface area contributed by atoms with E-state index in [-0.39, 0.29) is 18.4 Å². The second-order valence-corrected chi connectivity index (χ2v) is 7.65. The molecule has 4 nitrogen and oxygen atoms in total. The van der Waals surface area contributed by atoms with Crippen molar-refractivity contribution in [3.8, 4) is 0 Å². The molecule has 1 heterocycles. The molecule has 0 saturated carbocycles. The SMILES string of the molecule is Cc1cnn([C@@H]2CCCc3ccccc32)c1NC(=O)Cc1ccc(C(F)(F)F)cc1. The van der Waals surface area contributed by atoms with E-state index in [1.165, 1.54) is 23.3 Å². The second-order valence-electron chi connectivity index (χ2n) is 7.65. The lowest BCUT2D eigenvalue weighted by Gasteiger charge is -2.27. The first kappa shape index (κ1) is 20.2. The summed E-state index contributed by atoms with van der Waals surface area (Å²) >= 11 is 0. The normalized spacial score (nSPS) is 16.2. The Labute approximate surface area is 172 Å². The molecular formula is C23H22F3N3O. The Hall–Kier alpha value is -3.09. The first-order valence-electron chi connectivity index (χ1n) is 9.91. The van der Waals surface area contributed by atoms with Gasteiger partial charge in [-0.25, -0.2) is 4.68 Å². The van der Waals surface area contributed by atoms with Crippen molar-refractivity contribution in [2.24, 2.45) is 0 Å². The summed E-state index contributed by atoms with van der Waals surface area (Å²) in [6, 6.07) is 13.0. The predicted octanol–water partition coefficient (Wildman–Crippen LogP) is 5.32. The zero-order chi connectivity index (χ0) is 21.3. The molecule has 0 aliphatic heterocycles. The van der Waals surface area contributed by atoms with Crippen molar-refractivity contribution in [3.63, 3.8) is 0 Å². The molecule has 0 fully saturated rings. The van der Waals surface area contributed by atoms with Gasteiger partial charge in [0.2, 0.25) is 5.91 Å². The Morgan fingerprint density at radius 1 is 1.17 bits per heavy atom. The maximum atomic E-state index is 12.7. The van der Waals surface area contributed by atoms with E-state index >= 15 is 0 Å². The molecule has 4 rings (SSSR count). The van der Waals surface area contributed by atoms with Crippen molar-refractivity contribution in [1.29, 1.82) is 0 Å². The van der Waals surface area contributed by atoms with E-state index in [9.17, 15) is 18.0 Å². The fourth-order valence-electron chi connectivity index (χ4n) is 4.00. The molecule has 0 radical (unpaired) electrons. The Kier molecular flexibility index (Phi) is 5.37. The van der Waals surface area contributed by atoms with E-state index in [2.05, 4.69) is 22.5 Å². The van der Waals surface area contributed by atoms with Crippen LogP contribution in [0, 0.1) is 6.92 Å². The van der Waals surface area contributed by atoms with Gasteiger partial charge in [0.1, 0.15) is 5.82 Å². The Balaban J connectivity index is 1.52. The molecule has 0 unspecified atom stereocenters. The van der Waals surface area contributed by atoms with Crippen LogP contribution in [0.1, 0.15) is 46.7 Å². The lowest BCUT2D eigenvalue weighted by Crippen LogP contribution is -2.23. The van der Waals surface area contributed by atoms with Gasteiger partial charge in [0.25, 0.3) is 0 Å². The van der Waals surface area contributed by atoms with Crippen LogP contribution in [-0.4, -0.2) is 15.7 Å². The van der Waals surface area contributed by atoms with E-state index < -0.39 is 11.7 Å². The van der Waals surface area contributed by atoms with Crippen molar-refractivity contribution >= 4 is 11.7 Å². The van der Waals surface area contributed by atoms with Crippen LogP contribution in [0.25, 0.3) is 0 Å². The molecule has 1 aromatic heterocycles.